The van der Waals surface area contributed by atoms with E-state index in [0.29, 0.717) is 49.0 Å². The van der Waals surface area contributed by atoms with Gasteiger partial charge in [0, 0.05) is 6.54 Å². The number of nitrogens with two attached hydrogens (primary N) is 2. The second kappa shape index (κ2) is 9.60. The van der Waals surface area contributed by atoms with E-state index in [0.717, 1.165) is 25.7 Å². The summed E-state index contributed by atoms with van der Waals surface area (Å²) in [5.41, 5.74) is 12.3. The van der Waals surface area contributed by atoms with E-state index in [4.69, 9.17) is 11.5 Å². The monoisotopic (exact) mass is 402 g/mol. The molecule has 0 saturated heterocycles. The predicted molar refractivity (Wildman–Crippen MR) is 110 cm³/mol. The molecule has 0 spiro atoms. The van der Waals surface area contributed by atoms with Gasteiger partial charge >= 0.3 is 5.69 Å². The molecule has 2 aromatic rings. The molecule has 8 nitrogen and oxygen atoms in total. The zero-order valence-electron chi connectivity index (χ0n) is 16.3. The van der Waals surface area contributed by atoms with Gasteiger partial charge in [-0.05, 0) is 68.5 Å². The number of nitro groups is 1. The highest BCUT2D eigenvalue weighted by Gasteiger charge is 2.27. The first-order chi connectivity index (χ1) is 14.0. The summed E-state index contributed by atoms with van der Waals surface area (Å²) in [5, 5.41) is 14.5. The normalized spacial score (nSPS) is 19.1. The molecule has 1 aliphatic rings. The lowest BCUT2D eigenvalue weighted by atomic mass is 9.80. The molecule has 1 fully saturated rings. The van der Waals surface area contributed by atoms with Crippen LogP contribution in [0.1, 0.15) is 36.9 Å². The van der Waals surface area contributed by atoms with E-state index in [-0.39, 0.29) is 23.3 Å². The predicted octanol–water partition coefficient (Wildman–Crippen LogP) is 3.07. The summed E-state index contributed by atoms with van der Waals surface area (Å²) in [4.78, 5) is 19.4. The first-order valence-electron chi connectivity index (χ1n) is 9.96. The molecule has 1 aromatic heterocycles. The molecule has 0 bridgehead atoms. The summed E-state index contributed by atoms with van der Waals surface area (Å²) in [6.07, 6.45) is 4.93. The molecule has 0 atom stereocenters. The lowest BCUT2D eigenvalue weighted by Crippen LogP contribution is -2.23. The van der Waals surface area contributed by atoms with Crippen molar-refractivity contribution in [3.8, 4) is 0 Å². The molecule has 0 radical (unpaired) electrons. The number of nitrogen functional groups attached to an aromatic ring is 1. The number of hydrogen-bond acceptors (Lipinski definition) is 7. The van der Waals surface area contributed by atoms with Gasteiger partial charge in [-0.2, -0.15) is 4.98 Å². The minimum absolute atomic E-state index is 0.149. The van der Waals surface area contributed by atoms with E-state index in [1.165, 1.54) is 6.07 Å². The first kappa shape index (κ1) is 20.9. The molecule has 3 rings (SSSR count). The molecule has 1 saturated carbocycles. The fourth-order valence-corrected chi connectivity index (χ4v) is 3.90. The number of nitrogens with zero attached hydrogens (tertiary/aromatic N) is 3. The topological polar surface area (TPSA) is 133 Å². The summed E-state index contributed by atoms with van der Waals surface area (Å²) in [5.74, 6) is 0.663. The lowest BCUT2D eigenvalue weighted by molar-refractivity contribution is -0.385. The van der Waals surface area contributed by atoms with Crippen molar-refractivity contribution < 1.29 is 9.31 Å². The summed E-state index contributed by atoms with van der Waals surface area (Å²) in [6.45, 7) is 1.07. The number of hydrogen-bond donors (Lipinski definition) is 3. The van der Waals surface area contributed by atoms with E-state index < -0.39 is 4.92 Å². The van der Waals surface area contributed by atoms with Crippen LogP contribution in [0.3, 0.4) is 0 Å². The minimum Gasteiger partial charge on any atom is -0.378 e. The molecule has 1 aliphatic carbocycles. The standard InChI is InChI=1S/C20H27FN6O2/c21-16-4-2-1-3-15(16)9-10-24-20-25-17(18(27(28)29)19(23)26-20)11-13-5-7-14(12-22)8-6-13/h1-4,13-14H,5-12,22H2,(H3,23,24,25,26). The fourth-order valence-electron chi connectivity index (χ4n) is 3.90. The number of benzene rings is 1. The van der Waals surface area contributed by atoms with Gasteiger partial charge in [0.05, 0.1) is 4.92 Å². The van der Waals surface area contributed by atoms with Gasteiger partial charge in [0.15, 0.2) is 0 Å². The third-order valence-electron chi connectivity index (χ3n) is 5.58. The van der Waals surface area contributed by atoms with Gasteiger partial charge in [0.1, 0.15) is 11.5 Å². The average molecular weight is 402 g/mol. The summed E-state index contributed by atoms with van der Waals surface area (Å²) in [6, 6.07) is 6.54. The van der Waals surface area contributed by atoms with Crippen LogP contribution in [0.4, 0.5) is 21.8 Å². The molecule has 156 valence electrons. The highest BCUT2D eigenvalue weighted by molar-refractivity contribution is 5.58. The Balaban J connectivity index is 1.70. The van der Waals surface area contributed by atoms with Crippen molar-refractivity contribution in [2.24, 2.45) is 17.6 Å². The van der Waals surface area contributed by atoms with Crippen LogP contribution in [0.2, 0.25) is 0 Å². The highest BCUT2D eigenvalue weighted by atomic mass is 19.1. The molecule has 1 heterocycles. The maximum absolute atomic E-state index is 13.7. The summed E-state index contributed by atoms with van der Waals surface area (Å²) in [7, 11) is 0. The maximum Gasteiger partial charge on any atom is 0.332 e. The van der Waals surface area contributed by atoms with Crippen molar-refractivity contribution in [1.82, 2.24) is 9.97 Å². The van der Waals surface area contributed by atoms with Crippen molar-refractivity contribution in [2.45, 2.75) is 38.5 Å². The quantitative estimate of drug-likeness (QED) is 0.456. The van der Waals surface area contributed by atoms with E-state index >= 15 is 0 Å². The molecular formula is C20H27FN6O2. The summed E-state index contributed by atoms with van der Waals surface area (Å²) < 4.78 is 13.7. The van der Waals surface area contributed by atoms with Crippen LogP contribution in [0.5, 0.6) is 0 Å². The number of nitrogens with one attached hydrogen (secondary N) is 1. The van der Waals surface area contributed by atoms with Crippen LogP contribution >= 0.6 is 0 Å². The van der Waals surface area contributed by atoms with Crippen LogP contribution in [-0.2, 0) is 12.8 Å². The van der Waals surface area contributed by atoms with E-state index in [1.807, 2.05) is 0 Å². The smallest absolute Gasteiger partial charge is 0.332 e. The number of anilines is 2. The van der Waals surface area contributed by atoms with Crippen molar-refractivity contribution in [3.63, 3.8) is 0 Å². The van der Waals surface area contributed by atoms with E-state index in [9.17, 15) is 14.5 Å². The van der Waals surface area contributed by atoms with Gasteiger partial charge in [-0.1, -0.05) is 18.2 Å². The Bertz CT molecular complexity index is 855. The molecule has 29 heavy (non-hydrogen) atoms. The van der Waals surface area contributed by atoms with Gasteiger partial charge in [-0.3, -0.25) is 10.1 Å². The minimum atomic E-state index is -0.515. The largest absolute Gasteiger partial charge is 0.378 e. The second-order valence-corrected chi connectivity index (χ2v) is 7.58. The zero-order chi connectivity index (χ0) is 20.8. The van der Waals surface area contributed by atoms with E-state index in [1.54, 1.807) is 18.2 Å². The van der Waals surface area contributed by atoms with Crippen molar-refractivity contribution >= 4 is 17.5 Å². The number of rotatable bonds is 8. The Morgan fingerprint density at radius 2 is 1.86 bits per heavy atom. The van der Waals surface area contributed by atoms with Crippen LogP contribution in [0.25, 0.3) is 0 Å². The molecule has 9 heteroatoms. The third-order valence-corrected chi connectivity index (χ3v) is 5.58. The molecular weight excluding hydrogens is 375 g/mol. The number of aromatic nitrogens is 2. The summed E-state index contributed by atoms with van der Waals surface area (Å²) >= 11 is 0. The molecule has 1 aromatic carbocycles. The Hall–Kier alpha value is -2.81. The Morgan fingerprint density at radius 3 is 2.52 bits per heavy atom. The van der Waals surface area contributed by atoms with Gasteiger partial charge in [-0.15, -0.1) is 0 Å². The van der Waals surface area contributed by atoms with Gasteiger partial charge in [0.25, 0.3) is 0 Å². The number of halogens is 1. The van der Waals surface area contributed by atoms with E-state index in [2.05, 4.69) is 15.3 Å². The van der Waals surface area contributed by atoms with Crippen molar-refractivity contribution in [3.05, 3.63) is 51.5 Å². The van der Waals surface area contributed by atoms with Crippen LogP contribution in [0, 0.1) is 27.8 Å². The fraction of sp³-hybridized carbons (Fsp3) is 0.500. The molecule has 5 N–H and O–H groups in total. The Labute approximate surface area is 169 Å². The highest BCUT2D eigenvalue weighted by Crippen LogP contribution is 2.33. The molecule has 0 aliphatic heterocycles. The first-order valence-corrected chi connectivity index (χ1v) is 9.96. The molecule has 0 unspecified atom stereocenters. The average Bonchev–Trinajstić information content (AvgIpc) is 2.69. The maximum atomic E-state index is 13.7. The lowest BCUT2D eigenvalue weighted by Gasteiger charge is -2.27. The SMILES string of the molecule is NCC1CCC(Cc2nc(NCCc3ccccc3F)nc(N)c2[N+](=O)[O-])CC1. The van der Waals surface area contributed by atoms with Crippen LogP contribution in [0.15, 0.2) is 24.3 Å². The van der Waals surface area contributed by atoms with Gasteiger partial charge in [0.2, 0.25) is 11.8 Å². The zero-order valence-corrected chi connectivity index (χ0v) is 16.3. The van der Waals surface area contributed by atoms with Crippen molar-refractivity contribution in [1.29, 1.82) is 0 Å². The Morgan fingerprint density at radius 1 is 1.17 bits per heavy atom. The van der Waals surface area contributed by atoms with Gasteiger partial charge < -0.3 is 16.8 Å². The second-order valence-electron chi connectivity index (χ2n) is 7.58. The van der Waals surface area contributed by atoms with Crippen LogP contribution in [-0.4, -0.2) is 28.0 Å². The molecule has 0 amide bonds. The Kier molecular flexibility index (Phi) is 6.92. The van der Waals surface area contributed by atoms with Gasteiger partial charge in [-0.25, -0.2) is 9.37 Å². The van der Waals surface area contributed by atoms with Crippen molar-refractivity contribution in [2.75, 3.05) is 24.1 Å². The third kappa shape index (κ3) is 5.38. The van der Waals surface area contributed by atoms with Crippen LogP contribution < -0.4 is 16.8 Å².